The summed E-state index contributed by atoms with van der Waals surface area (Å²) >= 11 is 4.11. The number of aromatic nitrogens is 2. The average Bonchev–Trinajstić information content (AvgIpc) is 2.16. The molecule has 0 spiro atoms. The second-order valence-corrected chi connectivity index (χ2v) is 4.96. The van der Waals surface area contributed by atoms with E-state index in [0.717, 1.165) is 0 Å². The monoisotopic (exact) mass is 220 g/mol. The third-order valence-corrected chi connectivity index (χ3v) is 3.00. The molecule has 1 saturated carbocycles. The van der Waals surface area contributed by atoms with E-state index in [1.807, 2.05) is 6.92 Å². The summed E-state index contributed by atoms with van der Waals surface area (Å²) < 4.78 is 0. The third-order valence-electron chi connectivity index (χ3n) is 2.76. The fraction of sp³-hybridized carbons (Fsp3) is 0.500. The summed E-state index contributed by atoms with van der Waals surface area (Å²) in [5, 5.41) is 8.91. The van der Waals surface area contributed by atoms with Gasteiger partial charge in [0, 0.05) is 17.3 Å². The van der Waals surface area contributed by atoms with Crippen molar-refractivity contribution in [2.24, 2.45) is 11.1 Å². The molecular formula is C10H12N4S. The van der Waals surface area contributed by atoms with E-state index in [9.17, 15) is 0 Å². The zero-order valence-corrected chi connectivity index (χ0v) is 9.33. The van der Waals surface area contributed by atoms with Crippen molar-refractivity contribution >= 4 is 12.6 Å². The van der Waals surface area contributed by atoms with Gasteiger partial charge in [-0.25, -0.2) is 9.97 Å². The largest absolute Gasteiger partial charge is 0.319 e. The Morgan fingerprint density at radius 3 is 2.47 bits per heavy atom. The van der Waals surface area contributed by atoms with Gasteiger partial charge in [0.1, 0.15) is 5.82 Å². The summed E-state index contributed by atoms with van der Waals surface area (Å²) in [5.41, 5.74) is 5.27. The Balaban J connectivity index is 2.21. The van der Waals surface area contributed by atoms with Crippen molar-refractivity contribution in [3.05, 3.63) is 18.2 Å². The van der Waals surface area contributed by atoms with E-state index in [0.29, 0.717) is 23.6 Å². The van der Waals surface area contributed by atoms with Crippen molar-refractivity contribution in [2.75, 3.05) is 0 Å². The molecule has 0 unspecified atom stereocenters. The van der Waals surface area contributed by atoms with Gasteiger partial charge in [0.25, 0.3) is 0 Å². The summed E-state index contributed by atoms with van der Waals surface area (Å²) in [5.74, 6) is 0.605. The lowest BCUT2D eigenvalue weighted by atomic mass is 9.59. The van der Waals surface area contributed by atoms with E-state index in [4.69, 9.17) is 11.0 Å². The molecule has 5 heteroatoms. The van der Waals surface area contributed by atoms with Crippen LogP contribution in [0.1, 0.15) is 25.6 Å². The second kappa shape index (κ2) is 3.19. The predicted octanol–water partition coefficient (Wildman–Crippen LogP) is 1.24. The van der Waals surface area contributed by atoms with E-state index >= 15 is 0 Å². The van der Waals surface area contributed by atoms with Crippen molar-refractivity contribution in [3.8, 4) is 6.07 Å². The van der Waals surface area contributed by atoms with Gasteiger partial charge < -0.3 is 5.73 Å². The maximum atomic E-state index is 8.91. The lowest BCUT2D eigenvalue weighted by Crippen LogP contribution is -2.54. The van der Waals surface area contributed by atoms with Gasteiger partial charge in [0.15, 0.2) is 0 Å². The SMILES string of the molecule is CC1(C#N)CC(N)(c2ncc(S)cn2)C1. The number of hydrogen-bond donors (Lipinski definition) is 2. The van der Waals surface area contributed by atoms with E-state index in [2.05, 4.69) is 28.7 Å². The van der Waals surface area contributed by atoms with Crippen LogP contribution >= 0.6 is 12.6 Å². The third kappa shape index (κ3) is 1.71. The fourth-order valence-electron chi connectivity index (χ4n) is 2.16. The molecule has 1 heterocycles. The molecule has 0 atom stereocenters. The maximum absolute atomic E-state index is 8.91. The smallest absolute Gasteiger partial charge is 0.148 e. The Morgan fingerprint density at radius 2 is 2.00 bits per heavy atom. The summed E-state index contributed by atoms with van der Waals surface area (Å²) in [6.07, 6.45) is 4.48. The quantitative estimate of drug-likeness (QED) is 0.698. The normalized spacial score (nSPS) is 34.3. The van der Waals surface area contributed by atoms with E-state index in [-0.39, 0.29) is 5.41 Å². The molecule has 1 aliphatic rings. The van der Waals surface area contributed by atoms with Gasteiger partial charge in [-0.2, -0.15) is 5.26 Å². The van der Waals surface area contributed by atoms with Crippen LogP contribution in [-0.4, -0.2) is 9.97 Å². The highest BCUT2D eigenvalue weighted by Crippen LogP contribution is 2.50. The van der Waals surface area contributed by atoms with Crippen molar-refractivity contribution < 1.29 is 0 Å². The summed E-state index contributed by atoms with van der Waals surface area (Å²) in [7, 11) is 0. The number of nitriles is 1. The van der Waals surface area contributed by atoms with Crippen LogP contribution in [0.3, 0.4) is 0 Å². The Labute approximate surface area is 93.9 Å². The molecule has 0 aliphatic heterocycles. The minimum atomic E-state index is -0.536. The van der Waals surface area contributed by atoms with Gasteiger partial charge in [-0.1, -0.05) is 0 Å². The Bertz CT molecular complexity index is 414. The number of nitrogens with two attached hydrogens (primary N) is 1. The van der Waals surface area contributed by atoms with Crippen molar-refractivity contribution in [2.45, 2.75) is 30.2 Å². The van der Waals surface area contributed by atoms with Gasteiger partial charge in [-0.3, -0.25) is 0 Å². The van der Waals surface area contributed by atoms with Crippen LogP contribution < -0.4 is 5.73 Å². The molecule has 78 valence electrons. The Morgan fingerprint density at radius 1 is 1.47 bits per heavy atom. The van der Waals surface area contributed by atoms with E-state index in [1.54, 1.807) is 12.4 Å². The lowest BCUT2D eigenvalue weighted by molar-refractivity contribution is 0.0894. The molecule has 0 radical (unpaired) electrons. The van der Waals surface area contributed by atoms with Gasteiger partial charge in [0.05, 0.1) is 17.0 Å². The summed E-state index contributed by atoms with van der Waals surface area (Å²) in [6, 6.07) is 2.26. The lowest BCUT2D eigenvalue weighted by Gasteiger charge is -2.47. The first kappa shape index (κ1) is 10.4. The van der Waals surface area contributed by atoms with Gasteiger partial charge in [-0.05, 0) is 19.8 Å². The highest BCUT2D eigenvalue weighted by Gasteiger charge is 2.52. The van der Waals surface area contributed by atoms with Crippen LogP contribution in [0.2, 0.25) is 0 Å². The molecule has 0 amide bonds. The van der Waals surface area contributed by atoms with Crippen molar-refractivity contribution in [3.63, 3.8) is 0 Å². The summed E-state index contributed by atoms with van der Waals surface area (Å²) in [4.78, 5) is 9.01. The van der Waals surface area contributed by atoms with Gasteiger partial charge >= 0.3 is 0 Å². The van der Waals surface area contributed by atoms with Crippen molar-refractivity contribution in [1.82, 2.24) is 9.97 Å². The molecule has 2 rings (SSSR count). The van der Waals surface area contributed by atoms with Crippen LogP contribution in [0.15, 0.2) is 17.3 Å². The molecule has 1 fully saturated rings. The zero-order chi connectivity index (χ0) is 11.1. The maximum Gasteiger partial charge on any atom is 0.148 e. The first-order valence-corrected chi connectivity index (χ1v) is 5.14. The van der Waals surface area contributed by atoms with Crippen LogP contribution in [0.5, 0.6) is 0 Å². The molecule has 1 aromatic rings. The van der Waals surface area contributed by atoms with Gasteiger partial charge in [0.2, 0.25) is 0 Å². The zero-order valence-electron chi connectivity index (χ0n) is 8.44. The molecule has 1 aromatic heterocycles. The summed E-state index contributed by atoms with van der Waals surface area (Å²) in [6.45, 7) is 1.91. The standard InChI is InChI=1S/C10H12N4S/c1-9(6-11)4-10(12,5-9)8-13-2-7(15)3-14-8/h2-3,15H,4-5,12H2,1H3. The topological polar surface area (TPSA) is 75.6 Å². The Hall–Kier alpha value is -1.12. The minimum absolute atomic E-state index is 0.322. The number of rotatable bonds is 1. The first-order chi connectivity index (χ1) is 6.97. The fourth-order valence-corrected chi connectivity index (χ4v) is 2.27. The van der Waals surface area contributed by atoms with Crippen LogP contribution in [-0.2, 0) is 5.54 Å². The first-order valence-electron chi connectivity index (χ1n) is 4.69. The average molecular weight is 220 g/mol. The van der Waals surface area contributed by atoms with Crippen LogP contribution in [0, 0.1) is 16.7 Å². The van der Waals surface area contributed by atoms with E-state index < -0.39 is 5.54 Å². The number of thiol groups is 1. The van der Waals surface area contributed by atoms with E-state index in [1.165, 1.54) is 0 Å². The molecule has 2 N–H and O–H groups in total. The molecule has 4 nitrogen and oxygen atoms in total. The molecule has 0 bridgehead atoms. The van der Waals surface area contributed by atoms with Gasteiger partial charge in [-0.15, -0.1) is 12.6 Å². The number of hydrogen-bond acceptors (Lipinski definition) is 5. The molecule has 1 aliphatic carbocycles. The highest BCUT2D eigenvalue weighted by atomic mass is 32.1. The number of nitrogens with zero attached hydrogens (tertiary/aromatic N) is 3. The predicted molar refractivity (Wildman–Crippen MR) is 58.1 cm³/mol. The van der Waals surface area contributed by atoms with Crippen LogP contribution in [0.4, 0.5) is 0 Å². The molecule has 0 aromatic carbocycles. The highest BCUT2D eigenvalue weighted by molar-refractivity contribution is 7.80. The molecular weight excluding hydrogens is 208 g/mol. The minimum Gasteiger partial charge on any atom is -0.319 e. The Kier molecular flexibility index (Phi) is 2.21. The van der Waals surface area contributed by atoms with Crippen molar-refractivity contribution in [1.29, 1.82) is 5.26 Å². The molecule has 0 saturated heterocycles. The second-order valence-electron chi connectivity index (χ2n) is 4.45. The molecule has 15 heavy (non-hydrogen) atoms. The van der Waals surface area contributed by atoms with Crippen LogP contribution in [0.25, 0.3) is 0 Å².